The Kier molecular flexibility index (Phi) is 5.96. The molecular weight excluding hydrogens is 308 g/mol. The second kappa shape index (κ2) is 8.16. The molecule has 0 aromatic heterocycles. The fourth-order valence-corrected chi connectivity index (χ4v) is 4.20. The third-order valence-corrected chi connectivity index (χ3v) is 5.48. The van der Waals surface area contributed by atoms with Crippen molar-refractivity contribution in [2.24, 2.45) is 0 Å². The van der Waals surface area contributed by atoms with Gasteiger partial charge in [0.2, 0.25) is 5.91 Å². The summed E-state index contributed by atoms with van der Waals surface area (Å²) in [5, 5.41) is 2.98. The average Bonchev–Trinajstić information content (AvgIpc) is 3.00. The minimum atomic E-state index is 0.0832. The van der Waals surface area contributed by atoms with Gasteiger partial charge in [0, 0.05) is 30.1 Å². The molecule has 1 amide bonds. The molecule has 1 aromatic carbocycles. The number of halogens is 1. The zero-order valence-electron chi connectivity index (χ0n) is 13.8. The summed E-state index contributed by atoms with van der Waals surface area (Å²) in [7, 11) is 0. The largest absolute Gasteiger partial charge is 0.326 e. The van der Waals surface area contributed by atoms with Crippen LogP contribution >= 0.6 is 11.6 Å². The van der Waals surface area contributed by atoms with Gasteiger partial charge < -0.3 is 5.32 Å². The summed E-state index contributed by atoms with van der Waals surface area (Å²) in [5.41, 5.74) is 2.30. The highest BCUT2D eigenvalue weighted by molar-refractivity contribution is 6.17. The Labute approximate surface area is 144 Å². The maximum absolute atomic E-state index is 11.9. The van der Waals surface area contributed by atoms with Gasteiger partial charge in [-0.3, -0.25) is 9.69 Å². The first-order valence-corrected chi connectivity index (χ1v) is 9.53. The average molecular weight is 335 g/mol. The van der Waals surface area contributed by atoms with Crippen LogP contribution in [0.2, 0.25) is 0 Å². The minimum Gasteiger partial charge on any atom is -0.326 e. The number of alkyl halides is 1. The smallest absolute Gasteiger partial charge is 0.224 e. The van der Waals surface area contributed by atoms with Crippen LogP contribution in [0, 0.1) is 0 Å². The predicted molar refractivity (Wildman–Crippen MR) is 96.0 cm³/mol. The van der Waals surface area contributed by atoms with Gasteiger partial charge in [0.15, 0.2) is 0 Å². The van der Waals surface area contributed by atoms with Crippen molar-refractivity contribution in [3.63, 3.8) is 0 Å². The SMILES string of the molecule is O=C(CCCCCl)Nc1ccc(C2CCC3CCCCN32)cc1. The van der Waals surface area contributed by atoms with Gasteiger partial charge in [-0.05, 0) is 62.8 Å². The Bertz CT molecular complexity index is 517. The zero-order chi connectivity index (χ0) is 16.1. The maximum atomic E-state index is 11.9. The molecule has 0 bridgehead atoms. The number of fused-ring (bicyclic) bond motifs is 1. The molecule has 2 aliphatic heterocycles. The maximum Gasteiger partial charge on any atom is 0.224 e. The lowest BCUT2D eigenvalue weighted by Crippen LogP contribution is -2.35. The molecule has 2 aliphatic rings. The number of rotatable bonds is 6. The van der Waals surface area contributed by atoms with E-state index in [0.29, 0.717) is 18.3 Å². The second-order valence-corrected chi connectivity index (χ2v) is 7.17. The molecule has 4 heteroatoms. The van der Waals surface area contributed by atoms with Gasteiger partial charge >= 0.3 is 0 Å². The molecule has 2 atom stereocenters. The normalized spacial score (nSPS) is 24.4. The van der Waals surface area contributed by atoms with Crippen molar-refractivity contribution in [1.82, 2.24) is 4.90 Å². The topological polar surface area (TPSA) is 32.3 Å². The number of unbranched alkanes of at least 4 members (excludes halogenated alkanes) is 1. The molecule has 3 rings (SSSR count). The number of hydrogen-bond donors (Lipinski definition) is 1. The van der Waals surface area contributed by atoms with Crippen molar-refractivity contribution in [1.29, 1.82) is 0 Å². The number of hydrogen-bond acceptors (Lipinski definition) is 2. The molecule has 2 fully saturated rings. The molecule has 23 heavy (non-hydrogen) atoms. The number of piperidine rings is 1. The number of anilines is 1. The van der Waals surface area contributed by atoms with Crippen molar-refractivity contribution in [3.05, 3.63) is 29.8 Å². The highest BCUT2D eigenvalue weighted by Gasteiger charge is 2.35. The van der Waals surface area contributed by atoms with Crippen LogP contribution in [0.1, 0.15) is 63.0 Å². The van der Waals surface area contributed by atoms with Gasteiger partial charge in [-0.2, -0.15) is 0 Å². The molecule has 2 heterocycles. The highest BCUT2D eigenvalue weighted by atomic mass is 35.5. The fourth-order valence-electron chi connectivity index (χ4n) is 4.01. The first kappa shape index (κ1) is 16.8. The van der Waals surface area contributed by atoms with E-state index >= 15 is 0 Å². The summed E-state index contributed by atoms with van der Waals surface area (Å²) in [6.45, 7) is 1.24. The number of nitrogens with one attached hydrogen (secondary N) is 1. The van der Waals surface area contributed by atoms with Gasteiger partial charge in [-0.15, -0.1) is 11.6 Å². The molecule has 3 nitrogen and oxygen atoms in total. The molecule has 0 radical (unpaired) electrons. The van der Waals surface area contributed by atoms with Crippen LogP contribution in [0.25, 0.3) is 0 Å². The molecule has 0 spiro atoms. The van der Waals surface area contributed by atoms with Gasteiger partial charge in [0.05, 0.1) is 0 Å². The third kappa shape index (κ3) is 4.27. The Morgan fingerprint density at radius 1 is 1.13 bits per heavy atom. The third-order valence-electron chi connectivity index (χ3n) is 5.21. The van der Waals surface area contributed by atoms with Crippen molar-refractivity contribution >= 4 is 23.2 Å². The molecule has 1 N–H and O–H groups in total. The monoisotopic (exact) mass is 334 g/mol. The summed E-state index contributed by atoms with van der Waals surface area (Å²) in [6.07, 6.45) is 9.00. The van der Waals surface area contributed by atoms with E-state index in [1.807, 2.05) is 12.1 Å². The number of nitrogens with zero attached hydrogens (tertiary/aromatic N) is 1. The molecule has 2 saturated heterocycles. The summed E-state index contributed by atoms with van der Waals surface area (Å²) in [5.74, 6) is 0.709. The van der Waals surface area contributed by atoms with Crippen molar-refractivity contribution < 1.29 is 4.79 Å². The number of carbonyl (C=O) groups excluding carboxylic acids is 1. The Morgan fingerprint density at radius 3 is 2.74 bits per heavy atom. The van der Waals surface area contributed by atoms with E-state index in [1.54, 1.807) is 0 Å². The first-order chi connectivity index (χ1) is 11.3. The fraction of sp³-hybridized carbons (Fsp3) is 0.632. The Morgan fingerprint density at radius 2 is 1.96 bits per heavy atom. The Hall–Kier alpha value is -1.06. The van der Waals surface area contributed by atoms with Crippen LogP contribution in [-0.2, 0) is 4.79 Å². The van der Waals surface area contributed by atoms with Gasteiger partial charge in [-0.25, -0.2) is 0 Å². The van der Waals surface area contributed by atoms with E-state index < -0.39 is 0 Å². The minimum absolute atomic E-state index is 0.0832. The van der Waals surface area contributed by atoms with E-state index in [9.17, 15) is 4.79 Å². The van der Waals surface area contributed by atoms with Crippen molar-refractivity contribution in [3.8, 4) is 0 Å². The summed E-state index contributed by atoms with van der Waals surface area (Å²) in [6, 6.07) is 9.85. The van der Waals surface area contributed by atoms with Gasteiger partial charge in [-0.1, -0.05) is 18.6 Å². The van der Waals surface area contributed by atoms with Crippen molar-refractivity contribution in [2.75, 3.05) is 17.7 Å². The second-order valence-electron chi connectivity index (χ2n) is 6.80. The highest BCUT2D eigenvalue weighted by Crippen LogP contribution is 2.40. The lowest BCUT2D eigenvalue weighted by atomic mass is 10.0. The molecule has 0 aliphatic carbocycles. The van der Waals surface area contributed by atoms with Crippen LogP contribution in [-0.4, -0.2) is 29.3 Å². The van der Waals surface area contributed by atoms with E-state index in [0.717, 1.165) is 24.6 Å². The number of benzene rings is 1. The molecule has 0 saturated carbocycles. The predicted octanol–water partition coefficient (Wildman–Crippen LogP) is 4.72. The van der Waals surface area contributed by atoms with Crippen LogP contribution < -0.4 is 5.32 Å². The van der Waals surface area contributed by atoms with Crippen LogP contribution in [0.4, 0.5) is 5.69 Å². The van der Waals surface area contributed by atoms with Crippen molar-refractivity contribution in [2.45, 2.75) is 63.5 Å². The van der Waals surface area contributed by atoms with E-state index in [1.165, 1.54) is 44.2 Å². The molecule has 2 unspecified atom stereocenters. The summed E-state index contributed by atoms with van der Waals surface area (Å²) < 4.78 is 0. The summed E-state index contributed by atoms with van der Waals surface area (Å²) >= 11 is 5.64. The molecule has 1 aromatic rings. The first-order valence-electron chi connectivity index (χ1n) is 8.99. The Balaban J connectivity index is 1.56. The van der Waals surface area contributed by atoms with E-state index in [2.05, 4.69) is 22.3 Å². The van der Waals surface area contributed by atoms with Gasteiger partial charge in [0.25, 0.3) is 0 Å². The number of amides is 1. The molecular formula is C19H27ClN2O. The standard InChI is InChI=1S/C19H27ClN2O/c20-13-3-1-6-19(23)21-16-9-7-15(8-10-16)18-12-11-17-5-2-4-14-22(17)18/h7-10,17-18H,1-6,11-14H2,(H,21,23). The van der Waals surface area contributed by atoms with Crippen LogP contribution in [0.3, 0.4) is 0 Å². The molecule has 126 valence electrons. The van der Waals surface area contributed by atoms with E-state index in [-0.39, 0.29) is 5.91 Å². The van der Waals surface area contributed by atoms with Crippen LogP contribution in [0.15, 0.2) is 24.3 Å². The quantitative estimate of drug-likeness (QED) is 0.603. The lowest BCUT2D eigenvalue weighted by molar-refractivity contribution is -0.116. The van der Waals surface area contributed by atoms with E-state index in [4.69, 9.17) is 11.6 Å². The zero-order valence-corrected chi connectivity index (χ0v) is 14.5. The van der Waals surface area contributed by atoms with Crippen LogP contribution in [0.5, 0.6) is 0 Å². The number of carbonyl (C=O) groups is 1. The van der Waals surface area contributed by atoms with Gasteiger partial charge in [0.1, 0.15) is 0 Å². The lowest BCUT2D eigenvalue weighted by Gasteiger charge is -2.34. The summed E-state index contributed by atoms with van der Waals surface area (Å²) in [4.78, 5) is 14.6.